The molecule has 12 heavy (non-hydrogen) atoms. The van der Waals surface area contributed by atoms with Crippen LogP contribution in [0.15, 0.2) is 0 Å². The minimum absolute atomic E-state index is 0. The average molecular weight is 230 g/mol. The van der Waals surface area contributed by atoms with E-state index in [-0.39, 0.29) is 31.7 Å². The van der Waals surface area contributed by atoms with Gasteiger partial charge < -0.3 is 14.9 Å². The Morgan fingerprint density at radius 3 is 1.50 bits per heavy atom. The quantitative estimate of drug-likeness (QED) is 0.528. The summed E-state index contributed by atoms with van der Waals surface area (Å²) < 4.78 is 4.17. The van der Waals surface area contributed by atoms with Gasteiger partial charge in [0.1, 0.15) is 0 Å². The van der Waals surface area contributed by atoms with E-state index in [1.165, 1.54) is 0 Å². The Bertz CT molecular complexity index is 101. The van der Waals surface area contributed by atoms with Crippen LogP contribution in [0.1, 0.15) is 27.7 Å². The standard InChI is InChI=1S/C4H8O3.C3H8O.Zn/c1-3(2)7-4(5)6;1-3(2)4;/h3H,1-2H3,(H,5,6);3-4H,1-2H3;. The van der Waals surface area contributed by atoms with Crippen molar-refractivity contribution in [2.45, 2.75) is 39.9 Å². The second-order valence-electron chi connectivity index (χ2n) is 2.53. The third-order valence-electron chi connectivity index (χ3n) is 0.337. The summed E-state index contributed by atoms with van der Waals surface area (Å²) in [6.45, 7) is 6.77. The Morgan fingerprint density at radius 2 is 1.50 bits per heavy atom. The molecule has 0 rings (SSSR count). The zero-order valence-electron chi connectivity index (χ0n) is 8.07. The molecule has 0 bridgehead atoms. The molecule has 0 amide bonds. The molecule has 2 N–H and O–H groups in total. The maximum absolute atomic E-state index is 9.59. The Kier molecular flexibility index (Phi) is 16.1. The largest absolute Gasteiger partial charge is 0.506 e. The van der Waals surface area contributed by atoms with E-state index in [4.69, 9.17) is 10.2 Å². The van der Waals surface area contributed by atoms with Gasteiger partial charge in [0.05, 0.1) is 6.10 Å². The van der Waals surface area contributed by atoms with Gasteiger partial charge in [-0.1, -0.05) is 0 Å². The number of rotatable bonds is 1. The van der Waals surface area contributed by atoms with Crippen LogP contribution in [0.25, 0.3) is 0 Å². The van der Waals surface area contributed by atoms with Crippen molar-refractivity contribution in [1.82, 2.24) is 0 Å². The first-order chi connectivity index (χ1) is 4.86. The molecule has 70 valence electrons. The first-order valence-electron chi connectivity index (χ1n) is 3.44. The smallest absolute Gasteiger partial charge is 0.450 e. The predicted octanol–water partition coefficient (Wildman–Crippen LogP) is 1.47. The second kappa shape index (κ2) is 10.9. The molecule has 0 radical (unpaired) electrons. The molecule has 0 saturated heterocycles. The van der Waals surface area contributed by atoms with Crippen molar-refractivity contribution >= 4 is 6.16 Å². The first kappa shape index (κ1) is 17.8. The summed E-state index contributed by atoms with van der Waals surface area (Å²) in [6.07, 6.45) is -1.60. The zero-order valence-corrected chi connectivity index (χ0v) is 11.0. The van der Waals surface area contributed by atoms with Crippen LogP contribution in [-0.2, 0) is 24.2 Å². The molecule has 0 aliphatic carbocycles. The Labute approximate surface area is 85.7 Å². The van der Waals surface area contributed by atoms with Crippen molar-refractivity contribution in [3.8, 4) is 0 Å². The first-order valence-corrected chi connectivity index (χ1v) is 3.44. The van der Waals surface area contributed by atoms with E-state index in [9.17, 15) is 4.79 Å². The minimum atomic E-state index is -1.21. The molecule has 0 unspecified atom stereocenters. The molecular weight excluding hydrogens is 213 g/mol. The summed E-state index contributed by atoms with van der Waals surface area (Å²) in [5.74, 6) is 0. The van der Waals surface area contributed by atoms with E-state index >= 15 is 0 Å². The van der Waals surface area contributed by atoms with E-state index in [0.717, 1.165) is 0 Å². The van der Waals surface area contributed by atoms with Crippen molar-refractivity contribution in [1.29, 1.82) is 0 Å². The summed E-state index contributed by atoms with van der Waals surface area (Å²) in [5.41, 5.74) is 0. The Balaban J connectivity index is -0.000000142. The minimum Gasteiger partial charge on any atom is -0.450 e. The van der Waals surface area contributed by atoms with Crippen LogP contribution in [0.5, 0.6) is 0 Å². The number of aliphatic hydroxyl groups excluding tert-OH is 1. The molecule has 0 heterocycles. The topological polar surface area (TPSA) is 66.8 Å². The normalized spacial score (nSPS) is 8.25. The van der Waals surface area contributed by atoms with Crippen molar-refractivity contribution in [3.05, 3.63) is 0 Å². The number of carbonyl (C=O) groups is 1. The molecule has 0 aromatic rings. The van der Waals surface area contributed by atoms with Crippen LogP contribution >= 0.6 is 0 Å². The van der Waals surface area contributed by atoms with Gasteiger partial charge in [-0.2, -0.15) is 0 Å². The van der Waals surface area contributed by atoms with Gasteiger partial charge in [0.25, 0.3) is 0 Å². The predicted molar refractivity (Wildman–Crippen MR) is 41.6 cm³/mol. The summed E-state index contributed by atoms with van der Waals surface area (Å²) >= 11 is 0. The van der Waals surface area contributed by atoms with Crippen molar-refractivity contribution < 1.29 is 39.2 Å². The van der Waals surface area contributed by atoms with E-state index in [1.807, 2.05) is 0 Å². The third-order valence-corrected chi connectivity index (χ3v) is 0.337. The fraction of sp³-hybridized carbons (Fsp3) is 0.857. The van der Waals surface area contributed by atoms with E-state index in [0.29, 0.717) is 0 Å². The van der Waals surface area contributed by atoms with Gasteiger partial charge in [0.2, 0.25) is 0 Å². The van der Waals surface area contributed by atoms with Crippen molar-refractivity contribution in [2.24, 2.45) is 0 Å². The van der Waals surface area contributed by atoms with Gasteiger partial charge >= 0.3 is 6.16 Å². The van der Waals surface area contributed by atoms with Crippen LogP contribution in [0.3, 0.4) is 0 Å². The molecule has 0 atom stereocenters. The SMILES string of the molecule is CC(C)O.CC(C)OC(=O)O.[Zn]. The number of carboxylic acid groups (broad SMARTS) is 1. The molecule has 4 nitrogen and oxygen atoms in total. The van der Waals surface area contributed by atoms with Gasteiger partial charge in [0, 0.05) is 25.6 Å². The second-order valence-corrected chi connectivity index (χ2v) is 2.53. The number of aliphatic hydroxyl groups is 1. The summed E-state index contributed by atoms with van der Waals surface area (Å²) in [7, 11) is 0. The molecular formula is C7H16O4Zn. The summed E-state index contributed by atoms with van der Waals surface area (Å²) in [4.78, 5) is 9.59. The fourth-order valence-electron chi connectivity index (χ4n) is 0.202. The molecule has 0 aromatic heterocycles. The molecule has 0 fully saturated rings. The summed E-state index contributed by atoms with van der Waals surface area (Å²) in [6, 6.07) is 0. The van der Waals surface area contributed by atoms with Crippen LogP contribution < -0.4 is 0 Å². The molecule has 0 aliphatic heterocycles. The Hall–Kier alpha value is -0.147. The zero-order chi connectivity index (χ0) is 9.44. The molecule has 0 spiro atoms. The third kappa shape index (κ3) is 52.0. The van der Waals surface area contributed by atoms with Crippen LogP contribution in [0, 0.1) is 0 Å². The average Bonchev–Trinajstić information content (AvgIpc) is 1.56. The van der Waals surface area contributed by atoms with Crippen LogP contribution in [0.2, 0.25) is 0 Å². The van der Waals surface area contributed by atoms with Gasteiger partial charge in [-0.15, -0.1) is 0 Å². The monoisotopic (exact) mass is 228 g/mol. The molecule has 5 heteroatoms. The maximum Gasteiger partial charge on any atom is 0.506 e. The van der Waals surface area contributed by atoms with Gasteiger partial charge in [-0.3, -0.25) is 0 Å². The maximum atomic E-state index is 9.59. The Morgan fingerprint density at radius 1 is 1.25 bits per heavy atom. The van der Waals surface area contributed by atoms with Crippen LogP contribution in [-0.4, -0.2) is 28.6 Å². The van der Waals surface area contributed by atoms with E-state index in [1.54, 1.807) is 27.7 Å². The fourth-order valence-corrected chi connectivity index (χ4v) is 0.202. The van der Waals surface area contributed by atoms with E-state index in [2.05, 4.69) is 4.74 Å². The number of ether oxygens (including phenoxy) is 1. The van der Waals surface area contributed by atoms with Crippen molar-refractivity contribution in [3.63, 3.8) is 0 Å². The number of hydrogen-bond donors (Lipinski definition) is 2. The van der Waals surface area contributed by atoms with Crippen molar-refractivity contribution in [2.75, 3.05) is 0 Å². The van der Waals surface area contributed by atoms with Gasteiger partial charge in [-0.05, 0) is 27.7 Å². The molecule has 0 aromatic carbocycles. The number of hydrogen-bond acceptors (Lipinski definition) is 3. The summed E-state index contributed by atoms with van der Waals surface area (Å²) in [5, 5.41) is 15.9. The van der Waals surface area contributed by atoms with Gasteiger partial charge in [0.15, 0.2) is 0 Å². The van der Waals surface area contributed by atoms with E-state index < -0.39 is 6.16 Å². The molecule has 0 aliphatic rings. The molecule has 0 saturated carbocycles. The van der Waals surface area contributed by atoms with Gasteiger partial charge in [-0.25, -0.2) is 4.79 Å². The van der Waals surface area contributed by atoms with Crippen LogP contribution in [0.4, 0.5) is 4.79 Å².